The Morgan fingerprint density at radius 2 is 1.83 bits per heavy atom. The topological polar surface area (TPSA) is 57.4 Å². The average molecular weight is 343 g/mol. The molecule has 0 aliphatic heterocycles. The first-order valence-electron chi connectivity index (χ1n) is 5.73. The fraction of sp³-hybridized carbons (Fsp3) is 0.333. The molecule has 0 bridgehead atoms. The summed E-state index contributed by atoms with van der Waals surface area (Å²) in [5.74, 6) is -6.14. The van der Waals surface area contributed by atoms with Gasteiger partial charge in [-0.3, -0.25) is 0 Å². The molecule has 0 saturated carbocycles. The maximum atomic E-state index is 12.9. The quantitative estimate of drug-likeness (QED) is 0.373. The number of ether oxygens (including phenoxy) is 1. The Labute approximate surface area is 125 Å². The maximum absolute atomic E-state index is 12.9. The second-order valence-electron chi connectivity index (χ2n) is 4.04. The summed E-state index contributed by atoms with van der Waals surface area (Å²) in [6.07, 6.45) is -5.84. The molecule has 4 nitrogen and oxygen atoms in total. The lowest BCUT2D eigenvalue weighted by molar-refractivity contribution is -0.361. The van der Waals surface area contributed by atoms with E-state index in [9.17, 15) is 30.7 Å². The summed E-state index contributed by atoms with van der Waals surface area (Å²) in [5.41, 5.74) is 0.558. The smallest absolute Gasteiger partial charge is 0.462 e. The Morgan fingerprint density at radius 1 is 1.17 bits per heavy atom. The van der Waals surface area contributed by atoms with Crippen molar-refractivity contribution >= 4 is 6.21 Å². The van der Waals surface area contributed by atoms with Gasteiger partial charge in [-0.1, -0.05) is 12.1 Å². The van der Waals surface area contributed by atoms with Crippen LogP contribution in [0.5, 0.6) is 5.75 Å². The zero-order chi connectivity index (χ0) is 17.7. The number of benzene rings is 1. The molecule has 126 valence electrons. The summed E-state index contributed by atoms with van der Waals surface area (Å²) in [7, 11) is 0. The molecule has 0 atom stereocenters. The summed E-state index contributed by atoms with van der Waals surface area (Å²) in [6.45, 7) is -0.297. The number of nitrogens with one attached hydrogen (secondary N) is 1. The van der Waals surface area contributed by atoms with Crippen LogP contribution in [-0.2, 0) is 0 Å². The molecule has 0 saturated heterocycles. The van der Waals surface area contributed by atoms with Gasteiger partial charge in [-0.2, -0.15) is 41.1 Å². The predicted molar refractivity (Wildman–Crippen MR) is 64.2 cm³/mol. The van der Waals surface area contributed by atoms with Crippen molar-refractivity contribution in [1.82, 2.24) is 5.43 Å². The van der Waals surface area contributed by atoms with Crippen molar-refractivity contribution < 1.29 is 35.5 Å². The number of hydrogen-bond acceptors (Lipinski definition) is 4. The third-order valence-electron chi connectivity index (χ3n) is 2.33. The number of halogens is 7. The Balaban J connectivity index is 2.81. The van der Waals surface area contributed by atoms with Gasteiger partial charge in [-0.15, -0.1) is 0 Å². The number of nitriles is 1. The highest BCUT2D eigenvalue weighted by Gasteiger charge is 2.73. The van der Waals surface area contributed by atoms with Gasteiger partial charge in [0, 0.05) is 0 Å². The van der Waals surface area contributed by atoms with Crippen LogP contribution in [-0.4, -0.2) is 31.0 Å². The minimum Gasteiger partial charge on any atom is -0.479 e. The van der Waals surface area contributed by atoms with Gasteiger partial charge in [0.1, 0.15) is 11.8 Å². The molecule has 1 rings (SSSR count). The lowest BCUT2D eigenvalue weighted by Crippen LogP contribution is -2.58. The summed E-state index contributed by atoms with van der Waals surface area (Å²) < 4.78 is 91.5. The monoisotopic (exact) mass is 343 g/mol. The first kappa shape index (κ1) is 18.5. The second kappa shape index (κ2) is 6.72. The molecule has 0 unspecified atom stereocenters. The summed E-state index contributed by atoms with van der Waals surface area (Å²) in [5, 5.41) is 11.0. The standard InChI is InChI=1S/C12H8F7N3O/c13-10(14,11(15,16)17)12(18,19)22-21-7-8-2-1-3-9(6-8)23-5-4-20/h1-3,6-7,22H,5H2/b21-7-. The van der Waals surface area contributed by atoms with Gasteiger partial charge < -0.3 is 4.74 Å². The summed E-state index contributed by atoms with van der Waals surface area (Å²) in [6, 6.07) is 1.33. The van der Waals surface area contributed by atoms with Gasteiger partial charge in [0.05, 0.1) is 6.21 Å². The third kappa shape index (κ3) is 4.48. The number of hydrogen-bond donors (Lipinski definition) is 1. The largest absolute Gasteiger partial charge is 0.479 e. The van der Waals surface area contributed by atoms with Gasteiger partial charge in [-0.25, -0.2) is 5.43 Å². The van der Waals surface area contributed by atoms with E-state index in [0.29, 0.717) is 11.6 Å². The van der Waals surface area contributed by atoms with Crippen molar-refractivity contribution in [2.45, 2.75) is 18.1 Å². The predicted octanol–water partition coefficient (Wildman–Crippen LogP) is 3.30. The Bertz CT molecular complexity index is 607. The molecule has 0 heterocycles. The van der Waals surface area contributed by atoms with Crippen LogP contribution in [0.1, 0.15) is 5.56 Å². The molecular formula is C12H8F7N3O. The van der Waals surface area contributed by atoms with Gasteiger partial charge in [0.2, 0.25) is 0 Å². The van der Waals surface area contributed by atoms with E-state index in [1.165, 1.54) is 24.3 Å². The van der Waals surface area contributed by atoms with Crippen molar-refractivity contribution in [3.05, 3.63) is 29.8 Å². The van der Waals surface area contributed by atoms with Gasteiger partial charge in [0.25, 0.3) is 0 Å². The van der Waals surface area contributed by atoms with Crippen molar-refractivity contribution in [3.63, 3.8) is 0 Å². The van der Waals surface area contributed by atoms with E-state index in [2.05, 4.69) is 5.10 Å². The zero-order valence-corrected chi connectivity index (χ0v) is 11.0. The molecule has 0 spiro atoms. The first-order valence-corrected chi connectivity index (χ1v) is 5.73. The first-order chi connectivity index (χ1) is 10.5. The van der Waals surface area contributed by atoms with E-state index in [-0.39, 0.29) is 17.9 Å². The van der Waals surface area contributed by atoms with Gasteiger partial charge in [0.15, 0.2) is 6.61 Å². The molecule has 0 aliphatic rings. The molecule has 0 aliphatic carbocycles. The Kier molecular flexibility index (Phi) is 5.42. The van der Waals surface area contributed by atoms with Crippen LogP contribution in [0.25, 0.3) is 0 Å². The summed E-state index contributed by atoms with van der Waals surface area (Å²) >= 11 is 0. The van der Waals surface area contributed by atoms with E-state index >= 15 is 0 Å². The number of alkyl halides is 7. The SMILES string of the molecule is N#CCOc1cccc(/C=N\NC(F)(F)C(F)(F)C(F)(F)F)c1. The fourth-order valence-electron chi connectivity index (χ4n) is 1.24. The molecule has 1 aromatic rings. The minimum absolute atomic E-state index is 0.0686. The highest BCUT2D eigenvalue weighted by molar-refractivity contribution is 5.79. The fourth-order valence-corrected chi connectivity index (χ4v) is 1.24. The summed E-state index contributed by atoms with van der Waals surface area (Å²) in [4.78, 5) is 0. The number of rotatable bonds is 6. The molecule has 0 amide bonds. The molecule has 0 aromatic heterocycles. The van der Waals surface area contributed by atoms with E-state index in [1.807, 2.05) is 0 Å². The lowest BCUT2D eigenvalue weighted by Gasteiger charge is -2.27. The van der Waals surface area contributed by atoms with E-state index in [0.717, 1.165) is 0 Å². The van der Waals surface area contributed by atoms with Crippen LogP contribution in [0.4, 0.5) is 30.7 Å². The van der Waals surface area contributed by atoms with Gasteiger partial charge >= 0.3 is 18.1 Å². The highest BCUT2D eigenvalue weighted by Crippen LogP contribution is 2.44. The van der Waals surface area contributed by atoms with Crippen LogP contribution in [0.15, 0.2) is 29.4 Å². The van der Waals surface area contributed by atoms with Crippen LogP contribution >= 0.6 is 0 Å². The van der Waals surface area contributed by atoms with E-state index < -0.39 is 18.1 Å². The Morgan fingerprint density at radius 3 is 2.39 bits per heavy atom. The van der Waals surface area contributed by atoms with Crippen molar-refractivity contribution in [2.24, 2.45) is 5.10 Å². The third-order valence-corrected chi connectivity index (χ3v) is 2.33. The van der Waals surface area contributed by atoms with Crippen LogP contribution in [0.2, 0.25) is 0 Å². The van der Waals surface area contributed by atoms with Crippen LogP contribution in [0.3, 0.4) is 0 Å². The zero-order valence-electron chi connectivity index (χ0n) is 11.0. The highest BCUT2D eigenvalue weighted by atomic mass is 19.4. The molecular weight excluding hydrogens is 335 g/mol. The van der Waals surface area contributed by atoms with E-state index in [1.54, 1.807) is 6.07 Å². The molecule has 23 heavy (non-hydrogen) atoms. The second-order valence-corrected chi connectivity index (χ2v) is 4.04. The molecule has 11 heteroatoms. The minimum atomic E-state index is -6.44. The molecule has 0 radical (unpaired) electrons. The normalized spacial score (nSPS) is 13.0. The molecule has 1 aromatic carbocycles. The average Bonchev–Trinajstić information content (AvgIpc) is 2.44. The Hall–Kier alpha value is -2.51. The molecule has 1 N–H and O–H groups in total. The van der Waals surface area contributed by atoms with Crippen molar-refractivity contribution in [2.75, 3.05) is 6.61 Å². The van der Waals surface area contributed by atoms with Gasteiger partial charge in [-0.05, 0) is 17.7 Å². The lowest BCUT2D eigenvalue weighted by atomic mass is 10.2. The maximum Gasteiger partial charge on any atom is 0.462 e. The van der Waals surface area contributed by atoms with Crippen LogP contribution < -0.4 is 10.2 Å². The van der Waals surface area contributed by atoms with Crippen LogP contribution in [0, 0.1) is 11.3 Å². The molecule has 0 fully saturated rings. The van der Waals surface area contributed by atoms with E-state index in [4.69, 9.17) is 10.00 Å². The van der Waals surface area contributed by atoms with Crippen molar-refractivity contribution in [1.29, 1.82) is 5.26 Å². The number of nitrogens with zero attached hydrogens (tertiary/aromatic N) is 2. The number of hydrazone groups is 1. The van der Waals surface area contributed by atoms with Crippen molar-refractivity contribution in [3.8, 4) is 11.8 Å².